The van der Waals surface area contributed by atoms with Crippen LogP contribution in [-0.4, -0.2) is 21.7 Å². The van der Waals surface area contributed by atoms with Gasteiger partial charge in [0.2, 0.25) is 6.04 Å². The van der Waals surface area contributed by atoms with Crippen molar-refractivity contribution in [2.24, 2.45) is 5.92 Å². The molecule has 2 rings (SSSR count). The lowest BCUT2D eigenvalue weighted by molar-refractivity contribution is -0.554. The van der Waals surface area contributed by atoms with Gasteiger partial charge in [-0.05, 0) is 31.6 Å². The molecule has 0 radical (unpaired) electrons. The van der Waals surface area contributed by atoms with Crippen LogP contribution in [0.2, 0.25) is 0 Å². The van der Waals surface area contributed by atoms with E-state index in [4.69, 9.17) is 0 Å². The molecule has 0 aromatic heterocycles. The fraction of sp³-hybridized carbons (Fsp3) is 1.00. The van der Waals surface area contributed by atoms with Gasteiger partial charge in [0.1, 0.15) is 5.60 Å². The Morgan fingerprint density at radius 1 is 1.21 bits per heavy atom. The Morgan fingerprint density at radius 3 is 2.64 bits per heavy atom. The van der Waals surface area contributed by atoms with Gasteiger partial charge in [0.15, 0.2) is 0 Å². The molecular weight excluding hydrogens is 182 g/mol. The van der Waals surface area contributed by atoms with E-state index in [-0.39, 0.29) is 10.8 Å². The molecule has 0 aromatic carbocycles. The highest BCUT2D eigenvalue weighted by molar-refractivity contribution is 4.98. The molecule has 2 aliphatic carbocycles. The first kappa shape index (κ1) is 9.90. The van der Waals surface area contributed by atoms with Gasteiger partial charge >= 0.3 is 0 Å². The van der Waals surface area contributed by atoms with Crippen LogP contribution in [0.4, 0.5) is 0 Å². The van der Waals surface area contributed by atoms with Crippen LogP contribution in [0.3, 0.4) is 0 Å². The largest absolute Gasteiger partial charge is 0.382 e. The van der Waals surface area contributed by atoms with E-state index in [0.717, 1.165) is 32.1 Å². The van der Waals surface area contributed by atoms with Crippen LogP contribution in [0.15, 0.2) is 0 Å². The third-order valence-corrected chi connectivity index (χ3v) is 3.95. The van der Waals surface area contributed by atoms with E-state index in [1.54, 1.807) is 0 Å². The zero-order valence-electron chi connectivity index (χ0n) is 8.32. The van der Waals surface area contributed by atoms with E-state index in [1.807, 2.05) is 0 Å². The first-order chi connectivity index (χ1) is 6.64. The number of rotatable bonds is 1. The summed E-state index contributed by atoms with van der Waals surface area (Å²) in [5.41, 5.74) is -0.986. The summed E-state index contributed by atoms with van der Waals surface area (Å²) < 4.78 is 0. The minimum Gasteiger partial charge on any atom is -0.382 e. The number of nitrogens with zero attached hydrogens (tertiary/aromatic N) is 1. The maximum absolute atomic E-state index is 10.9. The maximum atomic E-state index is 10.9. The molecule has 2 saturated carbocycles. The lowest BCUT2D eigenvalue weighted by atomic mass is 9.65. The minimum absolute atomic E-state index is 0.181. The number of aliphatic hydroxyl groups is 1. The van der Waals surface area contributed by atoms with Gasteiger partial charge in [-0.2, -0.15) is 0 Å². The highest BCUT2D eigenvalue weighted by Crippen LogP contribution is 2.44. The number of hydrogen-bond donors (Lipinski definition) is 1. The Bertz CT molecular complexity index is 242. The second kappa shape index (κ2) is 3.50. The summed E-state index contributed by atoms with van der Waals surface area (Å²) in [6.07, 6.45) is 6.10. The SMILES string of the molecule is O=[N+]([O-])[C@H]1CCCC2CCCC[C@@]21O. The van der Waals surface area contributed by atoms with Gasteiger partial charge in [-0.3, -0.25) is 10.1 Å². The van der Waals surface area contributed by atoms with Crippen LogP contribution in [0.25, 0.3) is 0 Å². The average molecular weight is 199 g/mol. The molecule has 2 aliphatic rings. The molecule has 0 spiro atoms. The molecule has 80 valence electrons. The quantitative estimate of drug-likeness (QED) is 0.516. The van der Waals surface area contributed by atoms with Crippen molar-refractivity contribution in [2.75, 3.05) is 0 Å². The smallest absolute Gasteiger partial charge is 0.241 e. The highest BCUT2D eigenvalue weighted by Gasteiger charge is 2.53. The lowest BCUT2D eigenvalue weighted by Gasteiger charge is -2.44. The molecule has 3 atom stereocenters. The van der Waals surface area contributed by atoms with Crippen molar-refractivity contribution in [3.05, 3.63) is 10.1 Å². The van der Waals surface area contributed by atoms with Crippen molar-refractivity contribution < 1.29 is 10.0 Å². The van der Waals surface area contributed by atoms with Gasteiger partial charge in [0.25, 0.3) is 0 Å². The van der Waals surface area contributed by atoms with Gasteiger partial charge in [0.05, 0.1) is 0 Å². The van der Waals surface area contributed by atoms with Gasteiger partial charge in [0, 0.05) is 11.3 Å². The summed E-state index contributed by atoms with van der Waals surface area (Å²) >= 11 is 0. The van der Waals surface area contributed by atoms with E-state index in [9.17, 15) is 15.2 Å². The van der Waals surface area contributed by atoms with Crippen molar-refractivity contribution in [3.63, 3.8) is 0 Å². The molecule has 2 fully saturated rings. The predicted octanol–water partition coefficient (Wildman–Crippen LogP) is 1.74. The molecule has 0 bridgehead atoms. The molecule has 1 unspecified atom stereocenters. The molecule has 1 N–H and O–H groups in total. The monoisotopic (exact) mass is 199 g/mol. The van der Waals surface area contributed by atoms with Crippen molar-refractivity contribution in [1.29, 1.82) is 0 Å². The zero-order chi connectivity index (χ0) is 10.2. The van der Waals surface area contributed by atoms with Crippen LogP contribution in [-0.2, 0) is 0 Å². The summed E-state index contributed by atoms with van der Waals surface area (Å²) in [6.45, 7) is 0. The van der Waals surface area contributed by atoms with Gasteiger partial charge < -0.3 is 5.11 Å². The van der Waals surface area contributed by atoms with Gasteiger partial charge in [-0.15, -0.1) is 0 Å². The van der Waals surface area contributed by atoms with E-state index in [2.05, 4.69) is 0 Å². The number of nitro groups is 1. The molecule has 0 amide bonds. The van der Waals surface area contributed by atoms with Crippen molar-refractivity contribution >= 4 is 0 Å². The van der Waals surface area contributed by atoms with E-state index in [1.165, 1.54) is 0 Å². The van der Waals surface area contributed by atoms with Crippen LogP contribution < -0.4 is 0 Å². The first-order valence-electron chi connectivity index (χ1n) is 5.50. The Balaban J connectivity index is 2.21. The van der Waals surface area contributed by atoms with Crippen LogP contribution in [0.1, 0.15) is 44.9 Å². The topological polar surface area (TPSA) is 63.4 Å². The van der Waals surface area contributed by atoms with Gasteiger partial charge in [-0.25, -0.2) is 0 Å². The van der Waals surface area contributed by atoms with E-state index < -0.39 is 11.6 Å². The van der Waals surface area contributed by atoms with Crippen molar-refractivity contribution in [3.8, 4) is 0 Å². The van der Waals surface area contributed by atoms with E-state index >= 15 is 0 Å². The predicted molar refractivity (Wildman–Crippen MR) is 51.5 cm³/mol. The highest BCUT2D eigenvalue weighted by atomic mass is 16.6. The fourth-order valence-electron chi connectivity index (χ4n) is 3.18. The Morgan fingerprint density at radius 2 is 1.93 bits per heavy atom. The summed E-state index contributed by atoms with van der Waals surface area (Å²) in [4.78, 5) is 10.6. The molecule has 0 heterocycles. The summed E-state index contributed by atoms with van der Waals surface area (Å²) in [5, 5.41) is 21.2. The normalized spacial score (nSPS) is 42.9. The Hall–Kier alpha value is -0.640. The van der Waals surface area contributed by atoms with E-state index in [0.29, 0.717) is 12.8 Å². The lowest BCUT2D eigenvalue weighted by Crippen LogP contribution is -2.56. The van der Waals surface area contributed by atoms with Crippen LogP contribution in [0.5, 0.6) is 0 Å². The third-order valence-electron chi connectivity index (χ3n) is 3.95. The summed E-state index contributed by atoms with van der Waals surface area (Å²) in [6, 6.07) is -0.707. The van der Waals surface area contributed by atoms with Crippen molar-refractivity contribution in [2.45, 2.75) is 56.6 Å². The standard InChI is InChI=1S/C10H17NO3/c12-10-7-2-1-4-8(10)5-3-6-9(10)11(13)14/h8-9,12H,1-7H2/t8?,9-,10+/m0/s1. The maximum Gasteiger partial charge on any atom is 0.241 e. The summed E-state index contributed by atoms with van der Waals surface area (Å²) in [5.74, 6) is 0.181. The van der Waals surface area contributed by atoms with Crippen LogP contribution >= 0.6 is 0 Å². The zero-order valence-corrected chi connectivity index (χ0v) is 8.32. The molecule has 4 heteroatoms. The van der Waals surface area contributed by atoms with Gasteiger partial charge in [-0.1, -0.05) is 12.8 Å². The van der Waals surface area contributed by atoms with Crippen molar-refractivity contribution in [1.82, 2.24) is 0 Å². The Kier molecular flexibility index (Phi) is 2.47. The Labute approximate surface area is 83.5 Å². The van der Waals surface area contributed by atoms with Crippen LogP contribution in [0, 0.1) is 16.0 Å². The second-order valence-corrected chi connectivity index (χ2v) is 4.67. The molecule has 0 aliphatic heterocycles. The second-order valence-electron chi connectivity index (χ2n) is 4.67. The average Bonchev–Trinajstić information content (AvgIpc) is 2.15. The number of fused-ring (bicyclic) bond motifs is 1. The first-order valence-corrected chi connectivity index (χ1v) is 5.50. The minimum atomic E-state index is -0.986. The summed E-state index contributed by atoms with van der Waals surface area (Å²) in [7, 11) is 0. The molecule has 0 aromatic rings. The fourth-order valence-corrected chi connectivity index (χ4v) is 3.18. The molecular formula is C10H17NO3. The molecule has 14 heavy (non-hydrogen) atoms. The number of hydrogen-bond acceptors (Lipinski definition) is 3. The third kappa shape index (κ3) is 1.41. The molecule has 0 saturated heterocycles. The molecule has 4 nitrogen and oxygen atoms in total.